The molecule has 0 atom stereocenters. The van der Waals surface area contributed by atoms with Crippen LogP contribution in [0.25, 0.3) is 0 Å². The minimum Gasteiger partial charge on any atom is -0.508 e. The van der Waals surface area contributed by atoms with Crippen LogP contribution in [0.3, 0.4) is 0 Å². The summed E-state index contributed by atoms with van der Waals surface area (Å²) >= 11 is 0. The van der Waals surface area contributed by atoms with E-state index in [9.17, 15) is 28.4 Å². The number of phenols is 1. The van der Waals surface area contributed by atoms with Gasteiger partial charge >= 0.3 is 0 Å². The molecule has 0 spiro atoms. The summed E-state index contributed by atoms with van der Waals surface area (Å²) in [4.78, 5) is 12.3. The highest BCUT2D eigenvalue weighted by Crippen LogP contribution is 2.31. The molecule has 0 saturated heterocycles. The molecule has 0 bridgehead atoms. The molecule has 0 saturated carbocycles. The van der Waals surface area contributed by atoms with E-state index in [0.29, 0.717) is 11.3 Å². The average Bonchev–Trinajstić information content (AvgIpc) is 2.65. The molecule has 0 heterocycles. The van der Waals surface area contributed by atoms with Crippen LogP contribution in [0, 0.1) is 34.5 Å². The zero-order valence-corrected chi connectivity index (χ0v) is 15.4. The van der Waals surface area contributed by atoms with Gasteiger partial charge in [-0.05, 0) is 25.1 Å². The van der Waals surface area contributed by atoms with Crippen molar-refractivity contribution in [3.05, 3.63) is 98.9 Å². The number of anilines is 1. The number of benzene rings is 3. The zero-order chi connectivity index (χ0) is 21.1. The summed E-state index contributed by atoms with van der Waals surface area (Å²) < 4.78 is 41.8. The monoisotopic (exact) mass is 402 g/mol. The third-order valence-electron chi connectivity index (χ3n) is 4.59. The van der Waals surface area contributed by atoms with Crippen molar-refractivity contribution in [2.45, 2.75) is 20.0 Å². The number of nitro benzene ring substituents is 1. The molecule has 29 heavy (non-hydrogen) atoms. The molecule has 0 aromatic heterocycles. The smallest absolute Gasteiger partial charge is 0.274 e. The molecular weight excluding hydrogens is 385 g/mol. The Morgan fingerprint density at radius 3 is 2.17 bits per heavy atom. The van der Waals surface area contributed by atoms with E-state index in [2.05, 4.69) is 0 Å². The van der Waals surface area contributed by atoms with E-state index in [0.717, 1.165) is 18.2 Å². The van der Waals surface area contributed by atoms with Crippen LogP contribution in [0.2, 0.25) is 0 Å². The van der Waals surface area contributed by atoms with Gasteiger partial charge in [-0.25, -0.2) is 13.2 Å². The molecule has 0 aliphatic heterocycles. The van der Waals surface area contributed by atoms with E-state index in [1.807, 2.05) is 0 Å². The third kappa shape index (κ3) is 4.48. The predicted molar refractivity (Wildman–Crippen MR) is 102 cm³/mol. The van der Waals surface area contributed by atoms with Gasteiger partial charge in [0, 0.05) is 48.1 Å². The lowest BCUT2D eigenvalue weighted by Gasteiger charge is -2.27. The molecule has 1 N–H and O–H groups in total. The molecule has 150 valence electrons. The number of rotatable bonds is 6. The van der Waals surface area contributed by atoms with Crippen LogP contribution in [0.4, 0.5) is 24.5 Å². The highest BCUT2D eigenvalue weighted by Gasteiger charge is 2.20. The molecule has 0 aliphatic rings. The molecule has 3 aromatic carbocycles. The maximum absolute atomic E-state index is 14.3. The second-order valence-corrected chi connectivity index (χ2v) is 6.55. The van der Waals surface area contributed by atoms with E-state index >= 15 is 0 Å². The van der Waals surface area contributed by atoms with Crippen molar-refractivity contribution in [3.63, 3.8) is 0 Å². The molecule has 0 aliphatic carbocycles. The Labute approximate surface area is 164 Å². The third-order valence-corrected chi connectivity index (χ3v) is 4.59. The van der Waals surface area contributed by atoms with Crippen molar-refractivity contribution in [2.75, 3.05) is 4.90 Å². The molecular formula is C21H17F3N2O3. The van der Waals surface area contributed by atoms with Gasteiger partial charge in [0.1, 0.15) is 23.2 Å². The zero-order valence-electron chi connectivity index (χ0n) is 15.4. The molecule has 0 unspecified atom stereocenters. The summed E-state index contributed by atoms with van der Waals surface area (Å²) in [6.45, 7) is 1.42. The van der Waals surface area contributed by atoms with Gasteiger partial charge in [0.05, 0.1) is 10.5 Å². The van der Waals surface area contributed by atoms with Gasteiger partial charge in [-0.15, -0.1) is 0 Å². The van der Waals surface area contributed by atoms with Gasteiger partial charge < -0.3 is 10.0 Å². The van der Waals surface area contributed by atoms with Crippen LogP contribution >= 0.6 is 0 Å². The van der Waals surface area contributed by atoms with Crippen molar-refractivity contribution in [2.24, 2.45) is 0 Å². The van der Waals surface area contributed by atoms with Gasteiger partial charge in [-0.1, -0.05) is 18.2 Å². The first-order valence-corrected chi connectivity index (χ1v) is 8.66. The summed E-state index contributed by atoms with van der Waals surface area (Å²) in [7, 11) is 0. The Hall–Kier alpha value is -3.55. The molecule has 3 aromatic rings. The maximum Gasteiger partial charge on any atom is 0.274 e. The number of phenolic OH excluding ortho intramolecular Hbond substituents is 1. The van der Waals surface area contributed by atoms with Gasteiger partial charge in [0.15, 0.2) is 0 Å². The van der Waals surface area contributed by atoms with E-state index < -0.39 is 22.4 Å². The predicted octanol–water partition coefficient (Wildman–Crippen LogP) is 5.23. The molecule has 0 fully saturated rings. The van der Waals surface area contributed by atoms with Crippen LogP contribution in [0.5, 0.6) is 5.75 Å². The quantitative estimate of drug-likeness (QED) is 0.453. The minimum atomic E-state index is -0.774. The summed E-state index contributed by atoms with van der Waals surface area (Å²) in [6, 6.07) is 11.2. The molecule has 0 amide bonds. The van der Waals surface area contributed by atoms with Crippen LogP contribution < -0.4 is 4.90 Å². The number of nitro groups is 1. The van der Waals surface area contributed by atoms with E-state index in [1.165, 1.54) is 30.3 Å². The van der Waals surface area contributed by atoms with Crippen molar-refractivity contribution in [1.82, 2.24) is 0 Å². The normalized spacial score (nSPS) is 10.8. The topological polar surface area (TPSA) is 66.6 Å². The highest BCUT2D eigenvalue weighted by atomic mass is 19.1. The summed E-state index contributed by atoms with van der Waals surface area (Å²) in [6.07, 6.45) is 0. The summed E-state index contributed by atoms with van der Waals surface area (Å²) in [5.41, 5.74) is 0.973. The van der Waals surface area contributed by atoms with Gasteiger partial charge in [0.25, 0.3) is 5.69 Å². The fraction of sp³-hybridized carbons (Fsp3) is 0.143. The fourth-order valence-corrected chi connectivity index (χ4v) is 3.10. The lowest BCUT2D eigenvalue weighted by atomic mass is 10.1. The molecule has 3 rings (SSSR count). The van der Waals surface area contributed by atoms with Gasteiger partial charge in [-0.3, -0.25) is 10.1 Å². The Morgan fingerprint density at radius 2 is 1.59 bits per heavy atom. The Bertz CT molecular complexity index is 1020. The fourth-order valence-electron chi connectivity index (χ4n) is 3.10. The lowest BCUT2D eigenvalue weighted by Crippen LogP contribution is -2.24. The number of nitrogens with zero attached hydrogens (tertiary/aromatic N) is 2. The lowest BCUT2D eigenvalue weighted by molar-refractivity contribution is -0.385. The van der Waals surface area contributed by atoms with Gasteiger partial charge in [-0.2, -0.15) is 0 Å². The van der Waals surface area contributed by atoms with Crippen LogP contribution in [0.1, 0.15) is 16.7 Å². The van der Waals surface area contributed by atoms with Crippen LogP contribution in [-0.2, 0) is 13.1 Å². The number of halogens is 3. The molecule has 5 nitrogen and oxygen atoms in total. The minimum absolute atomic E-state index is 0.0507. The first-order valence-electron chi connectivity index (χ1n) is 8.66. The van der Waals surface area contributed by atoms with Crippen molar-refractivity contribution < 1.29 is 23.2 Å². The molecule has 0 radical (unpaired) electrons. The molecule has 8 heteroatoms. The summed E-state index contributed by atoms with van der Waals surface area (Å²) in [5, 5.41) is 20.7. The first kappa shape index (κ1) is 20.2. The largest absolute Gasteiger partial charge is 0.508 e. The van der Waals surface area contributed by atoms with Crippen molar-refractivity contribution in [3.8, 4) is 5.75 Å². The number of aromatic hydroxyl groups is 1. The number of hydrogen-bond donors (Lipinski definition) is 1. The first-order chi connectivity index (χ1) is 13.8. The number of hydrogen-bond acceptors (Lipinski definition) is 4. The maximum atomic E-state index is 14.3. The van der Waals surface area contributed by atoms with Crippen LogP contribution in [-0.4, -0.2) is 10.0 Å². The Balaban J connectivity index is 2.06. The van der Waals surface area contributed by atoms with Crippen molar-refractivity contribution >= 4 is 11.4 Å². The Kier molecular flexibility index (Phi) is 5.72. The Morgan fingerprint density at radius 1 is 0.966 bits per heavy atom. The van der Waals surface area contributed by atoms with Gasteiger partial charge in [0.2, 0.25) is 0 Å². The van der Waals surface area contributed by atoms with Crippen LogP contribution in [0.15, 0.2) is 54.6 Å². The highest BCUT2D eigenvalue weighted by molar-refractivity contribution is 5.62. The SMILES string of the molecule is Cc1c(N(Cc2ccc(O)cc2F)Cc2ccc(F)cc2F)cccc1[N+](=O)[O-]. The second-order valence-electron chi connectivity index (χ2n) is 6.55. The van der Waals surface area contributed by atoms with E-state index in [4.69, 9.17) is 0 Å². The standard InChI is InChI=1S/C21H17F3N2O3/c1-13-20(3-2-4-21(13)26(28)29)25(11-14-5-7-16(22)9-18(14)23)12-15-6-8-17(27)10-19(15)24/h2-10,27H,11-12H2,1H3. The second kappa shape index (κ2) is 8.22. The summed E-state index contributed by atoms with van der Waals surface area (Å²) in [5.74, 6) is -2.41. The van der Waals surface area contributed by atoms with Crippen molar-refractivity contribution in [1.29, 1.82) is 0 Å². The van der Waals surface area contributed by atoms with E-state index in [1.54, 1.807) is 17.9 Å². The average molecular weight is 402 g/mol. The van der Waals surface area contributed by atoms with E-state index in [-0.39, 0.29) is 35.7 Å².